The number of carbonyl (C=O) groups is 1. The van der Waals surface area contributed by atoms with Gasteiger partial charge in [0.2, 0.25) is 18.7 Å². The van der Waals surface area contributed by atoms with Gasteiger partial charge in [-0.15, -0.1) is 5.10 Å². The average molecular weight is 376 g/mol. The van der Waals surface area contributed by atoms with Crippen LogP contribution in [0.25, 0.3) is 6.08 Å². The van der Waals surface area contributed by atoms with Crippen LogP contribution in [0, 0.1) is 0 Å². The smallest absolute Gasteiger partial charge is 0.250 e. The third-order valence-corrected chi connectivity index (χ3v) is 4.51. The van der Waals surface area contributed by atoms with E-state index in [0.717, 1.165) is 31.5 Å². The summed E-state index contributed by atoms with van der Waals surface area (Å²) in [6.07, 6.45) is 6.55. The summed E-state index contributed by atoms with van der Waals surface area (Å²) in [7, 11) is 0. The van der Waals surface area contributed by atoms with Crippen LogP contribution in [0.2, 0.25) is 5.02 Å². The Morgan fingerprint density at radius 2 is 2.12 bits per heavy atom. The number of nitrogens with one attached hydrogen (secondary N) is 2. The van der Waals surface area contributed by atoms with Crippen LogP contribution in [0.15, 0.2) is 18.2 Å². The topological polar surface area (TPSA) is 92.4 Å². The molecule has 0 unspecified atom stereocenters. The van der Waals surface area contributed by atoms with Gasteiger partial charge in [0.15, 0.2) is 11.5 Å². The van der Waals surface area contributed by atoms with Crippen molar-refractivity contribution in [2.75, 3.05) is 30.1 Å². The Labute approximate surface area is 155 Å². The van der Waals surface area contributed by atoms with Gasteiger partial charge in [-0.25, -0.2) is 5.10 Å². The van der Waals surface area contributed by atoms with E-state index in [1.807, 2.05) is 0 Å². The molecule has 136 valence electrons. The van der Waals surface area contributed by atoms with E-state index in [-0.39, 0.29) is 12.7 Å². The first-order valence-electron chi connectivity index (χ1n) is 8.44. The molecule has 8 nitrogen and oxygen atoms in total. The summed E-state index contributed by atoms with van der Waals surface area (Å²) in [5, 5.41) is 10.0. The molecule has 1 aromatic heterocycles. The maximum atomic E-state index is 12.1. The Morgan fingerprint density at radius 3 is 2.96 bits per heavy atom. The molecule has 1 aromatic carbocycles. The average Bonchev–Trinajstić information content (AvgIpc) is 3.30. The number of fused-ring (bicyclic) bond motifs is 1. The molecule has 4 rings (SSSR count). The van der Waals surface area contributed by atoms with E-state index in [1.165, 1.54) is 12.5 Å². The second-order valence-corrected chi connectivity index (χ2v) is 6.50. The summed E-state index contributed by atoms with van der Waals surface area (Å²) >= 11 is 6.13. The molecule has 2 aromatic rings. The second-order valence-electron chi connectivity index (χ2n) is 6.09. The standard InChI is InChI=1S/C17H18ClN5O3/c18-12-8-11(9-13-15(12)26-10-25-13)4-5-14(24)19-16-20-17(22-21-16)23-6-2-1-3-7-23/h4-5,8-9H,1-3,6-7,10H2,(H2,19,20,21,22,24)/b5-4+. The second kappa shape index (κ2) is 7.25. The molecular weight excluding hydrogens is 358 g/mol. The fourth-order valence-electron chi connectivity index (χ4n) is 2.96. The van der Waals surface area contributed by atoms with Gasteiger partial charge in [-0.3, -0.25) is 10.1 Å². The summed E-state index contributed by atoms with van der Waals surface area (Å²) in [5.74, 6) is 1.72. The zero-order chi connectivity index (χ0) is 17.9. The fraction of sp³-hybridized carbons (Fsp3) is 0.353. The van der Waals surface area contributed by atoms with Crippen molar-refractivity contribution >= 4 is 35.5 Å². The summed E-state index contributed by atoms with van der Waals surface area (Å²) in [4.78, 5) is 18.5. The predicted molar refractivity (Wildman–Crippen MR) is 97.7 cm³/mol. The highest BCUT2D eigenvalue weighted by molar-refractivity contribution is 6.32. The van der Waals surface area contributed by atoms with Crippen molar-refractivity contribution in [1.82, 2.24) is 15.2 Å². The number of piperidine rings is 1. The Hall–Kier alpha value is -2.74. The van der Waals surface area contributed by atoms with Gasteiger partial charge in [0.25, 0.3) is 5.91 Å². The molecule has 0 bridgehead atoms. The van der Waals surface area contributed by atoms with Crippen LogP contribution >= 0.6 is 11.6 Å². The lowest BCUT2D eigenvalue weighted by Crippen LogP contribution is -2.30. The molecule has 0 saturated carbocycles. The lowest BCUT2D eigenvalue weighted by atomic mass is 10.1. The third-order valence-electron chi connectivity index (χ3n) is 4.23. The van der Waals surface area contributed by atoms with Crippen LogP contribution in [0.5, 0.6) is 11.5 Å². The van der Waals surface area contributed by atoms with Gasteiger partial charge in [0.1, 0.15) is 0 Å². The van der Waals surface area contributed by atoms with E-state index < -0.39 is 0 Å². The molecule has 1 fully saturated rings. The van der Waals surface area contributed by atoms with Gasteiger partial charge in [-0.1, -0.05) is 11.6 Å². The molecule has 26 heavy (non-hydrogen) atoms. The van der Waals surface area contributed by atoms with Crippen molar-refractivity contribution in [3.8, 4) is 11.5 Å². The summed E-state index contributed by atoms with van der Waals surface area (Å²) < 4.78 is 10.6. The number of benzene rings is 1. The minimum Gasteiger partial charge on any atom is -0.454 e. The van der Waals surface area contributed by atoms with Crippen LogP contribution in [0.4, 0.5) is 11.9 Å². The number of amides is 1. The summed E-state index contributed by atoms with van der Waals surface area (Å²) in [6, 6.07) is 3.47. The zero-order valence-electron chi connectivity index (χ0n) is 14.0. The number of hydrogen-bond acceptors (Lipinski definition) is 6. The Morgan fingerprint density at radius 1 is 1.27 bits per heavy atom. The first-order valence-corrected chi connectivity index (χ1v) is 8.82. The van der Waals surface area contributed by atoms with E-state index >= 15 is 0 Å². The highest BCUT2D eigenvalue weighted by atomic mass is 35.5. The molecule has 0 radical (unpaired) electrons. The fourth-order valence-corrected chi connectivity index (χ4v) is 3.23. The van der Waals surface area contributed by atoms with Gasteiger partial charge in [-0.2, -0.15) is 4.98 Å². The number of halogens is 1. The minimum atomic E-state index is -0.319. The molecular formula is C17H18ClN5O3. The first kappa shape index (κ1) is 16.7. The molecule has 2 aliphatic heterocycles. The number of H-pyrrole nitrogens is 1. The van der Waals surface area contributed by atoms with Gasteiger partial charge in [-0.05, 0) is 43.0 Å². The van der Waals surface area contributed by atoms with Crippen molar-refractivity contribution in [3.63, 3.8) is 0 Å². The molecule has 2 N–H and O–H groups in total. The maximum absolute atomic E-state index is 12.1. The zero-order valence-corrected chi connectivity index (χ0v) is 14.8. The molecule has 9 heteroatoms. The van der Waals surface area contributed by atoms with Crippen LogP contribution in [-0.2, 0) is 4.79 Å². The third kappa shape index (κ3) is 3.60. The van der Waals surface area contributed by atoms with Crippen molar-refractivity contribution in [2.24, 2.45) is 0 Å². The van der Waals surface area contributed by atoms with Gasteiger partial charge >= 0.3 is 0 Å². The Balaban J connectivity index is 1.39. The highest BCUT2D eigenvalue weighted by Gasteiger charge is 2.18. The SMILES string of the molecule is O=C(/C=C/c1cc(Cl)c2c(c1)OCO2)Nc1nc(N2CCCCC2)n[nH]1. The lowest BCUT2D eigenvalue weighted by Gasteiger charge is -2.24. The number of aromatic nitrogens is 3. The highest BCUT2D eigenvalue weighted by Crippen LogP contribution is 2.40. The van der Waals surface area contributed by atoms with E-state index in [9.17, 15) is 4.79 Å². The number of aromatic amines is 1. The molecule has 2 aliphatic rings. The van der Waals surface area contributed by atoms with E-state index in [2.05, 4.69) is 25.4 Å². The summed E-state index contributed by atoms with van der Waals surface area (Å²) in [5.41, 5.74) is 0.737. The van der Waals surface area contributed by atoms with Gasteiger partial charge in [0, 0.05) is 19.2 Å². The van der Waals surface area contributed by atoms with Crippen LogP contribution in [-0.4, -0.2) is 41.0 Å². The van der Waals surface area contributed by atoms with Crippen LogP contribution in [0.3, 0.4) is 0 Å². The van der Waals surface area contributed by atoms with E-state index in [0.29, 0.717) is 28.4 Å². The maximum Gasteiger partial charge on any atom is 0.250 e. The minimum absolute atomic E-state index is 0.146. The molecule has 0 spiro atoms. The molecule has 1 saturated heterocycles. The van der Waals surface area contributed by atoms with Gasteiger partial charge in [0.05, 0.1) is 5.02 Å². The van der Waals surface area contributed by atoms with E-state index in [4.69, 9.17) is 21.1 Å². The number of rotatable bonds is 4. The monoisotopic (exact) mass is 375 g/mol. The number of carbonyl (C=O) groups excluding carboxylic acids is 1. The molecule has 3 heterocycles. The lowest BCUT2D eigenvalue weighted by molar-refractivity contribution is -0.111. The molecule has 0 atom stereocenters. The molecule has 0 aliphatic carbocycles. The predicted octanol–water partition coefficient (Wildman–Crippen LogP) is 2.83. The Bertz CT molecular complexity index is 845. The number of anilines is 2. The van der Waals surface area contributed by atoms with Crippen LogP contribution < -0.4 is 19.7 Å². The quantitative estimate of drug-likeness (QED) is 0.798. The largest absolute Gasteiger partial charge is 0.454 e. The Kier molecular flexibility index (Phi) is 4.66. The van der Waals surface area contributed by atoms with Crippen molar-refractivity contribution in [3.05, 3.63) is 28.8 Å². The number of hydrogen-bond donors (Lipinski definition) is 2. The number of ether oxygens (including phenoxy) is 2. The normalized spacial score (nSPS) is 16.3. The van der Waals surface area contributed by atoms with Gasteiger partial charge < -0.3 is 14.4 Å². The number of nitrogens with zero attached hydrogens (tertiary/aromatic N) is 3. The van der Waals surface area contributed by atoms with Crippen molar-refractivity contribution in [2.45, 2.75) is 19.3 Å². The molecule has 1 amide bonds. The van der Waals surface area contributed by atoms with Crippen molar-refractivity contribution in [1.29, 1.82) is 0 Å². The van der Waals surface area contributed by atoms with Crippen molar-refractivity contribution < 1.29 is 14.3 Å². The van der Waals surface area contributed by atoms with Crippen LogP contribution in [0.1, 0.15) is 24.8 Å². The first-order chi connectivity index (χ1) is 12.7. The van der Waals surface area contributed by atoms with E-state index in [1.54, 1.807) is 18.2 Å². The summed E-state index contributed by atoms with van der Waals surface area (Å²) in [6.45, 7) is 2.03.